The molecule has 2 rings (SSSR count). The van der Waals surface area contributed by atoms with Crippen LogP contribution in [0.4, 0.5) is 5.69 Å². The van der Waals surface area contributed by atoms with Crippen LogP contribution in [0.3, 0.4) is 0 Å². The minimum absolute atomic E-state index is 0.161. The fraction of sp³-hybridized carbons (Fsp3) is 0.333. The second kappa shape index (κ2) is 3.67. The molecule has 5 nitrogen and oxygen atoms in total. The van der Waals surface area contributed by atoms with Crippen molar-refractivity contribution in [2.75, 3.05) is 12.8 Å². The minimum atomic E-state index is -0.161. The fourth-order valence-electron chi connectivity index (χ4n) is 1.46. The highest BCUT2D eigenvalue weighted by Crippen LogP contribution is 2.23. The summed E-state index contributed by atoms with van der Waals surface area (Å²) in [5.41, 5.74) is 7.78. The highest BCUT2D eigenvalue weighted by Gasteiger charge is 2.15. The number of aromatic nitrogens is 3. The van der Waals surface area contributed by atoms with Crippen molar-refractivity contribution in [1.82, 2.24) is 14.6 Å². The van der Waals surface area contributed by atoms with E-state index in [0.717, 1.165) is 5.69 Å². The van der Waals surface area contributed by atoms with E-state index in [1.54, 1.807) is 23.9 Å². The van der Waals surface area contributed by atoms with Gasteiger partial charge in [-0.05, 0) is 6.92 Å². The highest BCUT2D eigenvalue weighted by molar-refractivity contribution is 6.29. The van der Waals surface area contributed by atoms with E-state index >= 15 is 0 Å². The number of nitrogens with zero attached hydrogens (tertiary/aromatic N) is 3. The molecule has 0 saturated carbocycles. The second-order valence-corrected chi connectivity index (χ2v) is 3.60. The first-order valence-electron chi connectivity index (χ1n) is 4.46. The van der Waals surface area contributed by atoms with E-state index < -0.39 is 0 Å². The summed E-state index contributed by atoms with van der Waals surface area (Å²) < 4.78 is 6.83. The molecule has 0 amide bonds. The van der Waals surface area contributed by atoms with Gasteiger partial charge in [-0.1, -0.05) is 11.6 Å². The third-order valence-corrected chi connectivity index (χ3v) is 2.44. The van der Waals surface area contributed by atoms with E-state index in [-0.39, 0.29) is 6.10 Å². The van der Waals surface area contributed by atoms with Gasteiger partial charge in [-0.25, -0.2) is 9.50 Å². The largest absolute Gasteiger partial charge is 0.396 e. The van der Waals surface area contributed by atoms with Crippen molar-refractivity contribution in [1.29, 1.82) is 0 Å². The summed E-state index contributed by atoms with van der Waals surface area (Å²) in [6, 6.07) is 1.67. The third-order valence-electron chi connectivity index (χ3n) is 2.26. The van der Waals surface area contributed by atoms with Gasteiger partial charge in [0, 0.05) is 13.2 Å². The van der Waals surface area contributed by atoms with E-state index in [1.165, 1.54) is 0 Å². The van der Waals surface area contributed by atoms with Crippen LogP contribution in [0.25, 0.3) is 5.65 Å². The van der Waals surface area contributed by atoms with Crippen LogP contribution in [0.15, 0.2) is 12.3 Å². The normalized spacial score (nSPS) is 13.3. The molecule has 2 aromatic rings. The van der Waals surface area contributed by atoms with Crippen LogP contribution < -0.4 is 5.73 Å². The maximum absolute atomic E-state index is 5.83. The van der Waals surface area contributed by atoms with Crippen molar-refractivity contribution in [2.45, 2.75) is 13.0 Å². The maximum Gasteiger partial charge on any atom is 0.157 e. The zero-order chi connectivity index (χ0) is 11.0. The highest BCUT2D eigenvalue weighted by atomic mass is 35.5. The predicted octanol–water partition coefficient (Wildman–Crippen LogP) is 1.67. The van der Waals surface area contributed by atoms with E-state index in [2.05, 4.69) is 10.1 Å². The van der Waals surface area contributed by atoms with Gasteiger partial charge < -0.3 is 10.5 Å². The Labute approximate surface area is 91.8 Å². The average Bonchev–Trinajstić information content (AvgIpc) is 2.57. The Balaban J connectivity index is 2.73. The fourth-order valence-corrected chi connectivity index (χ4v) is 1.63. The Morgan fingerprint density at radius 3 is 3.00 bits per heavy atom. The zero-order valence-corrected chi connectivity index (χ0v) is 9.19. The Bertz CT molecular complexity index is 496. The molecular formula is C9H11ClN4O. The molecule has 1 atom stereocenters. The van der Waals surface area contributed by atoms with Gasteiger partial charge in [-0.2, -0.15) is 5.10 Å². The molecule has 0 bridgehead atoms. The van der Waals surface area contributed by atoms with E-state index in [4.69, 9.17) is 22.1 Å². The molecule has 0 aromatic carbocycles. The first-order valence-corrected chi connectivity index (χ1v) is 4.83. The van der Waals surface area contributed by atoms with Crippen LogP contribution in [0.2, 0.25) is 5.15 Å². The predicted molar refractivity (Wildman–Crippen MR) is 57.8 cm³/mol. The van der Waals surface area contributed by atoms with Crippen LogP contribution in [0.5, 0.6) is 0 Å². The summed E-state index contributed by atoms with van der Waals surface area (Å²) >= 11 is 5.80. The number of hydrogen-bond acceptors (Lipinski definition) is 4. The minimum Gasteiger partial charge on any atom is -0.396 e. The van der Waals surface area contributed by atoms with Crippen molar-refractivity contribution in [3.05, 3.63) is 23.1 Å². The molecule has 0 radical (unpaired) electrons. The molecule has 2 N–H and O–H groups in total. The average molecular weight is 227 g/mol. The third kappa shape index (κ3) is 1.64. The summed E-state index contributed by atoms with van der Waals surface area (Å²) in [5, 5.41) is 4.49. The molecule has 0 aliphatic rings. The molecule has 0 fully saturated rings. The summed E-state index contributed by atoms with van der Waals surface area (Å²) in [6.45, 7) is 1.89. The smallest absolute Gasteiger partial charge is 0.157 e. The Kier molecular flexibility index (Phi) is 2.50. The van der Waals surface area contributed by atoms with Gasteiger partial charge in [-0.3, -0.25) is 0 Å². The topological polar surface area (TPSA) is 65.4 Å². The van der Waals surface area contributed by atoms with Crippen molar-refractivity contribution in [3.63, 3.8) is 0 Å². The summed E-state index contributed by atoms with van der Waals surface area (Å²) in [5.74, 6) is 0. The SMILES string of the molecule is CO[C@@H](C)c1c(N)cnc2cc(Cl)nn12. The molecule has 80 valence electrons. The number of methoxy groups -OCH3 is 1. The van der Waals surface area contributed by atoms with Crippen LogP contribution in [0.1, 0.15) is 18.7 Å². The lowest BCUT2D eigenvalue weighted by molar-refractivity contribution is 0.114. The molecule has 0 aliphatic carbocycles. The van der Waals surface area contributed by atoms with Gasteiger partial charge in [0.2, 0.25) is 0 Å². The van der Waals surface area contributed by atoms with E-state index in [1.807, 2.05) is 6.92 Å². The molecule has 0 unspecified atom stereocenters. The van der Waals surface area contributed by atoms with E-state index in [9.17, 15) is 0 Å². The molecule has 0 saturated heterocycles. The lowest BCUT2D eigenvalue weighted by Crippen LogP contribution is -2.10. The molecule has 2 aromatic heterocycles. The van der Waals surface area contributed by atoms with Gasteiger partial charge in [0.1, 0.15) is 0 Å². The number of hydrogen-bond donors (Lipinski definition) is 1. The Morgan fingerprint density at radius 1 is 1.60 bits per heavy atom. The summed E-state index contributed by atoms with van der Waals surface area (Å²) in [4.78, 5) is 4.11. The number of ether oxygens (including phenoxy) is 1. The molecule has 2 heterocycles. The van der Waals surface area contributed by atoms with Gasteiger partial charge in [0.15, 0.2) is 10.8 Å². The maximum atomic E-state index is 5.83. The van der Waals surface area contributed by atoms with E-state index in [0.29, 0.717) is 16.5 Å². The van der Waals surface area contributed by atoms with Gasteiger partial charge in [0.05, 0.1) is 23.7 Å². The van der Waals surface area contributed by atoms with Gasteiger partial charge >= 0.3 is 0 Å². The van der Waals surface area contributed by atoms with Crippen LogP contribution in [0, 0.1) is 0 Å². The molecular weight excluding hydrogens is 216 g/mol. The zero-order valence-electron chi connectivity index (χ0n) is 8.44. The monoisotopic (exact) mass is 226 g/mol. The molecule has 6 heteroatoms. The lowest BCUT2D eigenvalue weighted by Gasteiger charge is -2.13. The number of halogens is 1. The number of rotatable bonds is 2. The first-order chi connectivity index (χ1) is 7.13. The molecule has 0 aliphatic heterocycles. The molecule has 15 heavy (non-hydrogen) atoms. The Hall–Kier alpha value is -1.33. The van der Waals surface area contributed by atoms with Gasteiger partial charge in [-0.15, -0.1) is 0 Å². The quantitative estimate of drug-likeness (QED) is 0.846. The second-order valence-electron chi connectivity index (χ2n) is 3.21. The van der Waals surface area contributed by atoms with Crippen LogP contribution in [-0.4, -0.2) is 21.7 Å². The number of anilines is 1. The van der Waals surface area contributed by atoms with Crippen molar-refractivity contribution < 1.29 is 4.74 Å². The van der Waals surface area contributed by atoms with Gasteiger partial charge in [0.25, 0.3) is 0 Å². The standard InChI is InChI=1S/C9H11ClN4O/c1-5(15-2)9-6(11)4-12-8-3-7(10)13-14(8)9/h3-5H,11H2,1-2H3/t5-/m0/s1. The lowest BCUT2D eigenvalue weighted by atomic mass is 10.2. The van der Waals surface area contributed by atoms with Crippen molar-refractivity contribution in [2.24, 2.45) is 0 Å². The first kappa shape index (κ1) is 10.2. The van der Waals surface area contributed by atoms with Crippen molar-refractivity contribution in [3.8, 4) is 0 Å². The summed E-state index contributed by atoms with van der Waals surface area (Å²) in [7, 11) is 1.61. The molecule has 0 spiro atoms. The number of nitrogen functional groups attached to an aromatic ring is 1. The van der Waals surface area contributed by atoms with Crippen LogP contribution in [-0.2, 0) is 4.74 Å². The number of fused-ring (bicyclic) bond motifs is 1. The number of nitrogens with two attached hydrogens (primary N) is 1. The van der Waals surface area contributed by atoms with Crippen LogP contribution >= 0.6 is 11.6 Å². The summed E-state index contributed by atoms with van der Waals surface area (Å²) in [6.07, 6.45) is 1.42. The Morgan fingerprint density at radius 2 is 2.33 bits per heavy atom. The van der Waals surface area contributed by atoms with Crippen molar-refractivity contribution >= 4 is 22.9 Å².